The quantitative estimate of drug-likeness (QED) is 0.673. The lowest BCUT2D eigenvalue weighted by Gasteiger charge is -2.43. The van der Waals surface area contributed by atoms with Gasteiger partial charge in [0, 0.05) is 48.7 Å². The summed E-state index contributed by atoms with van der Waals surface area (Å²) in [6.45, 7) is 7.70. The normalized spacial score (nSPS) is 23.2. The number of ether oxygens (including phenoxy) is 1. The fraction of sp³-hybridized carbons (Fsp3) is 0.429. The van der Waals surface area contributed by atoms with Gasteiger partial charge in [-0.15, -0.1) is 0 Å². The maximum atomic E-state index is 13.1. The summed E-state index contributed by atoms with van der Waals surface area (Å²) in [5.74, 6) is -0.523. The Morgan fingerprint density at radius 2 is 2.17 bits per heavy atom. The Bertz CT molecular complexity index is 1290. The van der Waals surface area contributed by atoms with Gasteiger partial charge in [-0.05, 0) is 50.1 Å². The second kappa shape index (κ2) is 9.49. The fourth-order valence-electron chi connectivity index (χ4n) is 5.11. The van der Waals surface area contributed by atoms with Crippen molar-refractivity contribution in [2.24, 2.45) is 16.3 Å². The number of pyridine rings is 1. The molecule has 5 rings (SSSR count). The number of aliphatic imine (C=N–C) groups is 1. The maximum Gasteiger partial charge on any atom is 0.231 e. The molecular weight excluding hydrogens is 454 g/mol. The van der Waals surface area contributed by atoms with Crippen LogP contribution in [0.1, 0.15) is 44.1 Å². The summed E-state index contributed by atoms with van der Waals surface area (Å²) in [5.41, 5.74) is 5.32. The molecule has 3 atom stereocenters. The Kier molecular flexibility index (Phi) is 6.37. The van der Waals surface area contributed by atoms with Crippen molar-refractivity contribution in [1.82, 2.24) is 4.98 Å². The predicted octanol–water partition coefficient (Wildman–Crippen LogP) is 4.16. The predicted molar refractivity (Wildman–Crippen MR) is 139 cm³/mol. The van der Waals surface area contributed by atoms with Gasteiger partial charge in [-0.3, -0.25) is 14.8 Å². The van der Waals surface area contributed by atoms with Crippen molar-refractivity contribution in [2.45, 2.75) is 45.8 Å². The monoisotopic (exact) mass is 485 g/mol. The molecule has 1 saturated heterocycles. The summed E-state index contributed by atoms with van der Waals surface area (Å²) < 4.78 is 5.63. The second-order valence-electron chi connectivity index (χ2n) is 10.3. The number of benzene rings is 1. The van der Waals surface area contributed by atoms with Gasteiger partial charge >= 0.3 is 0 Å². The van der Waals surface area contributed by atoms with E-state index in [0.29, 0.717) is 43.1 Å². The van der Waals surface area contributed by atoms with Crippen LogP contribution < -0.4 is 10.2 Å². The summed E-state index contributed by atoms with van der Waals surface area (Å²) in [6.07, 6.45) is 5.63. The van der Waals surface area contributed by atoms with Crippen LogP contribution in [0.4, 0.5) is 11.4 Å². The Balaban J connectivity index is 1.39. The number of aliphatic hydroxyl groups is 1. The van der Waals surface area contributed by atoms with E-state index in [1.165, 1.54) is 0 Å². The van der Waals surface area contributed by atoms with Crippen molar-refractivity contribution in [3.05, 3.63) is 54.0 Å². The van der Waals surface area contributed by atoms with Crippen molar-refractivity contribution >= 4 is 23.0 Å². The molecule has 0 saturated carbocycles. The van der Waals surface area contributed by atoms with Gasteiger partial charge in [0.05, 0.1) is 48.0 Å². The zero-order valence-corrected chi connectivity index (χ0v) is 20.9. The molecule has 1 fully saturated rings. The molecule has 8 nitrogen and oxygen atoms in total. The van der Waals surface area contributed by atoms with Gasteiger partial charge in [0.15, 0.2) is 0 Å². The molecule has 1 aromatic carbocycles. The highest BCUT2D eigenvalue weighted by atomic mass is 16.5. The number of aromatic nitrogens is 1. The van der Waals surface area contributed by atoms with Crippen LogP contribution in [-0.4, -0.2) is 47.5 Å². The summed E-state index contributed by atoms with van der Waals surface area (Å²) in [4.78, 5) is 24.4. The SMILES string of the molecule is Cc1ccc(NC(=O)C2C=CN=C(C(C)(C)C#N)C2)cc1-c1cnc2c(c1)N1CCOCC1CC2O. The third-order valence-corrected chi connectivity index (χ3v) is 7.36. The van der Waals surface area contributed by atoms with E-state index < -0.39 is 11.5 Å². The number of nitrogens with zero attached hydrogens (tertiary/aromatic N) is 4. The summed E-state index contributed by atoms with van der Waals surface area (Å²) in [6, 6.07) is 10.3. The van der Waals surface area contributed by atoms with E-state index in [0.717, 1.165) is 28.9 Å². The lowest BCUT2D eigenvalue weighted by molar-refractivity contribution is -0.118. The molecule has 1 amide bonds. The van der Waals surface area contributed by atoms with Crippen LogP contribution in [0, 0.1) is 29.6 Å². The van der Waals surface area contributed by atoms with E-state index in [1.54, 1.807) is 18.5 Å². The molecular formula is C28H31N5O3. The number of hydrogen-bond donors (Lipinski definition) is 2. The molecule has 36 heavy (non-hydrogen) atoms. The topological polar surface area (TPSA) is 111 Å². The van der Waals surface area contributed by atoms with Gasteiger partial charge in [-0.1, -0.05) is 12.1 Å². The first-order valence-corrected chi connectivity index (χ1v) is 12.4. The smallest absolute Gasteiger partial charge is 0.231 e. The number of hydrogen-bond acceptors (Lipinski definition) is 7. The minimum absolute atomic E-state index is 0.134. The number of fused-ring (bicyclic) bond motifs is 3. The number of morpholine rings is 1. The van der Waals surface area contributed by atoms with Gasteiger partial charge < -0.3 is 20.1 Å². The molecule has 0 radical (unpaired) electrons. The fourth-order valence-corrected chi connectivity index (χ4v) is 5.11. The number of nitrogens with one attached hydrogen (secondary N) is 1. The second-order valence-corrected chi connectivity index (χ2v) is 10.3. The highest BCUT2D eigenvalue weighted by Gasteiger charge is 2.35. The molecule has 3 unspecified atom stereocenters. The molecule has 186 valence electrons. The van der Waals surface area contributed by atoms with Crippen LogP contribution in [0.15, 0.2) is 47.7 Å². The van der Waals surface area contributed by atoms with E-state index in [2.05, 4.69) is 32.3 Å². The van der Waals surface area contributed by atoms with Gasteiger partial charge in [0.2, 0.25) is 5.91 Å². The third-order valence-electron chi connectivity index (χ3n) is 7.36. The largest absolute Gasteiger partial charge is 0.387 e. The third kappa shape index (κ3) is 4.52. The average molecular weight is 486 g/mol. The Labute approximate surface area is 211 Å². The van der Waals surface area contributed by atoms with E-state index in [-0.39, 0.29) is 17.9 Å². The lowest BCUT2D eigenvalue weighted by Crippen LogP contribution is -2.49. The van der Waals surface area contributed by atoms with E-state index in [1.807, 2.05) is 39.0 Å². The number of aliphatic hydroxyl groups excluding tert-OH is 1. The van der Waals surface area contributed by atoms with Crippen molar-refractivity contribution in [3.8, 4) is 17.2 Å². The maximum absolute atomic E-state index is 13.1. The van der Waals surface area contributed by atoms with Gasteiger partial charge in [-0.2, -0.15) is 5.26 Å². The molecule has 3 aliphatic rings. The molecule has 0 bridgehead atoms. The standard InChI is InChI=1S/C28H31N5O3/c1-17-4-5-20(32-27(35)18-6-7-30-25(11-18)28(2,3)16-29)12-22(17)19-10-23-26(31-14-19)24(34)13-21-15-36-9-8-33(21)23/h4-7,10,12,14,18,21,24,34H,8-9,11,13,15H2,1-3H3,(H,32,35). The number of carbonyl (C=O) groups excluding carboxylic acids is 1. The summed E-state index contributed by atoms with van der Waals surface area (Å²) in [7, 11) is 0. The van der Waals surface area contributed by atoms with Gasteiger partial charge in [0.25, 0.3) is 0 Å². The number of nitriles is 1. The zero-order chi connectivity index (χ0) is 25.4. The number of amides is 1. The highest BCUT2D eigenvalue weighted by molar-refractivity contribution is 6.01. The van der Waals surface area contributed by atoms with Crippen molar-refractivity contribution in [3.63, 3.8) is 0 Å². The van der Waals surface area contributed by atoms with E-state index >= 15 is 0 Å². The molecule has 0 aliphatic carbocycles. The Morgan fingerprint density at radius 3 is 2.97 bits per heavy atom. The molecule has 8 heteroatoms. The summed E-state index contributed by atoms with van der Waals surface area (Å²) >= 11 is 0. The van der Waals surface area contributed by atoms with Crippen molar-refractivity contribution in [1.29, 1.82) is 5.26 Å². The lowest BCUT2D eigenvalue weighted by atomic mass is 9.82. The van der Waals surface area contributed by atoms with Crippen LogP contribution in [0.3, 0.4) is 0 Å². The van der Waals surface area contributed by atoms with Gasteiger partial charge in [0.1, 0.15) is 6.10 Å². The minimum Gasteiger partial charge on any atom is -0.387 e. The van der Waals surface area contributed by atoms with Crippen LogP contribution in [0.25, 0.3) is 11.1 Å². The van der Waals surface area contributed by atoms with Crippen LogP contribution in [-0.2, 0) is 9.53 Å². The first kappa shape index (κ1) is 24.2. The van der Waals surface area contributed by atoms with E-state index in [9.17, 15) is 15.2 Å². The van der Waals surface area contributed by atoms with E-state index in [4.69, 9.17) is 4.74 Å². The van der Waals surface area contributed by atoms with Gasteiger partial charge in [-0.25, -0.2) is 0 Å². The zero-order valence-electron chi connectivity index (χ0n) is 20.9. The van der Waals surface area contributed by atoms with Crippen molar-refractivity contribution < 1.29 is 14.6 Å². The molecule has 2 aromatic rings. The molecule has 3 aliphatic heterocycles. The molecule has 1 aromatic heterocycles. The number of rotatable bonds is 4. The number of aryl methyl sites for hydroxylation is 1. The molecule has 2 N–H and O–H groups in total. The minimum atomic E-state index is -0.715. The molecule has 4 heterocycles. The Morgan fingerprint density at radius 1 is 1.33 bits per heavy atom. The highest BCUT2D eigenvalue weighted by Crippen LogP contribution is 2.40. The molecule has 0 spiro atoms. The Hall–Kier alpha value is -3.54. The van der Waals surface area contributed by atoms with Crippen LogP contribution in [0.2, 0.25) is 0 Å². The first-order valence-electron chi connectivity index (χ1n) is 12.4. The van der Waals surface area contributed by atoms with Crippen molar-refractivity contribution in [2.75, 3.05) is 30.0 Å². The van der Waals surface area contributed by atoms with Crippen LogP contribution >= 0.6 is 0 Å². The average Bonchev–Trinajstić information content (AvgIpc) is 2.89. The number of anilines is 2. The first-order chi connectivity index (χ1) is 17.3. The van der Waals surface area contributed by atoms with Crippen LogP contribution in [0.5, 0.6) is 0 Å². The number of carbonyl (C=O) groups is 1. The summed E-state index contributed by atoms with van der Waals surface area (Å²) in [5, 5.41) is 23.1.